The van der Waals surface area contributed by atoms with Gasteiger partial charge in [-0.1, -0.05) is 24.3 Å². The lowest BCUT2D eigenvalue weighted by molar-refractivity contribution is 0.213. The minimum absolute atomic E-state index is 0.110. The maximum absolute atomic E-state index is 13.4. The molecule has 28 heavy (non-hydrogen) atoms. The number of likely N-dealkylation sites (tertiary alicyclic amines) is 1. The van der Waals surface area contributed by atoms with E-state index in [0.29, 0.717) is 17.8 Å². The summed E-state index contributed by atoms with van der Waals surface area (Å²) in [5.74, 6) is -0.266. The predicted molar refractivity (Wildman–Crippen MR) is 106 cm³/mol. The van der Waals surface area contributed by atoms with E-state index < -0.39 is 12.2 Å². The van der Waals surface area contributed by atoms with Gasteiger partial charge >= 0.3 is 6.03 Å². The van der Waals surface area contributed by atoms with Crippen LogP contribution in [0.5, 0.6) is 0 Å². The number of alkyl halides is 1. The topological polar surface area (TPSA) is 37.6 Å². The van der Waals surface area contributed by atoms with Gasteiger partial charge in [0.2, 0.25) is 0 Å². The second-order valence-electron chi connectivity index (χ2n) is 6.77. The Morgan fingerprint density at radius 1 is 1.11 bits per heavy atom. The summed E-state index contributed by atoms with van der Waals surface area (Å²) in [7, 11) is 0. The van der Waals surface area contributed by atoms with Crippen LogP contribution < -0.4 is 4.80 Å². The Morgan fingerprint density at radius 3 is 2.36 bits per heavy atom. The number of carbonyl (C=O) groups is 1. The number of carbonyl (C=O) groups excluding carboxylic acids is 1. The molecule has 2 aromatic carbocycles. The fraction of sp³-hybridized carbons (Fsp3) is 0.238. The standard InChI is InChI=1S/C21H19F2N3OS/c1-14-12-26(21(28-14)24-20(27)25-11-10-18(23)13-25)19-8-4-16(5-9-19)15-2-6-17(22)7-3-15/h2-9,12,18H,10-11,13H2,1H3/b24-21-/t18-/m1/s1. The molecule has 0 aliphatic carbocycles. The summed E-state index contributed by atoms with van der Waals surface area (Å²) in [5, 5.41) is 0. The summed E-state index contributed by atoms with van der Waals surface area (Å²) >= 11 is 1.41. The van der Waals surface area contributed by atoms with Crippen molar-refractivity contribution in [3.63, 3.8) is 0 Å². The Morgan fingerprint density at radius 2 is 1.75 bits per heavy atom. The van der Waals surface area contributed by atoms with Gasteiger partial charge in [0, 0.05) is 23.3 Å². The van der Waals surface area contributed by atoms with E-state index >= 15 is 0 Å². The Labute approximate surface area is 165 Å². The third-order valence-electron chi connectivity index (χ3n) is 4.68. The molecule has 1 saturated heterocycles. The average Bonchev–Trinajstić information content (AvgIpc) is 3.28. The first kappa shape index (κ1) is 18.6. The predicted octanol–water partition coefficient (Wildman–Crippen LogP) is 4.72. The van der Waals surface area contributed by atoms with Crippen LogP contribution in [0.25, 0.3) is 16.8 Å². The number of rotatable bonds is 2. The molecule has 0 spiro atoms. The first-order valence-electron chi connectivity index (χ1n) is 9.03. The first-order chi connectivity index (χ1) is 13.5. The van der Waals surface area contributed by atoms with E-state index in [1.807, 2.05) is 42.0 Å². The SMILES string of the molecule is Cc1cn(-c2ccc(-c3ccc(F)cc3)cc2)/c(=N/C(=O)N2CC[C@@H](F)C2)s1. The number of halogens is 2. The molecule has 0 unspecified atom stereocenters. The Kier molecular flexibility index (Phi) is 5.09. The first-order valence-corrected chi connectivity index (χ1v) is 9.84. The van der Waals surface area contributed by atoms with Crippen molar-refractivity contribution in [2.45, 2.75) is 19.5 Å². The van der Waals surface area contributed by atoms with Crippen LogP contribution in [0.15, 0.2) is 59.7 Å². The van der Waals surface area contributed by atoms with E-state index in [-0.39, 0.29) is 12.4 Å². The Bertz CT molecular complexity index is 1050. The summed E-state index contributed by atoms with van der Waals surface area (Å²) in [5.41, 5.74) is 2.76. The highest BCUT2D eigenvalue weighted by atomic mass is 32.1. The molecule has 1 atom stereocenters. The van der Waals surface area contributed by atoms with Gasteiger partial charge in [0.25, 0.3) is 0 Å². The lowest BCUT2D eigenvalue weighted by Crippen LogP contribution is -2.28. The zero-order valence-corrected chi connectivity index (χ0v) is 16.1. The number of aromatic nitrogens is 1. The zero-order chi connectivity index (χ0) is 19.7. The quantitative estimate of drug-likeness (QED) is 0.615. The molecule has 3 aromatic rings. The van der Waals surface area contributed by atoms with E-state index in [1.165, 1.54) is 28.4 Å². The summed E-state index contributed by atoms with van der Waals surface area (Å²) in [6, 6.07) is 13.7. The van der Waals surface area contributed by atoms with Crippen molar-refractivity contribution < 1.29 is 13.6 Å². The number of urea groups is 1. The van der Waals surface area contributed by atoms with Crippen LogP contribution in [0.2, 0.25) is 0 Å². The molecule has 1 aromatic heterocycles. The van der Waals surface area contributed by atoms with Crippen molar-refractivity contribution in [1.82, 2.24) is 9.47 Å². The molecule has 0 radical (unpaired) electrons. The van der Waals surface area contributed by atoms with Gasteiger partial charge in [-0.2, -0.15) is 4.99 Å². The van der Waals surface area contributed by atoms with Crippen molar-refractivity contribution in [2.75, 3.05) is 13.1 Å². The van der Waals surface area contributed by atoms with Gasteiger partial charge in [-0.05, 0) is 48.7 Å². The third kappa shape index (κ3) is 3.89. The molecule has 1 fully saturated rings. The number of benzene rings is 2. The number of thiazole rings is 1. The van der Waals surface area contributed by atoms with Gasteiger partial charge in [-0.3, -0.25) is 4.57 Å². The second kappa shape index (κ2) is 7.67. The van der Waals surface area contributed by atoms with E-state index in [9.17, 15) is 13.6 Å². The Balaban J connectivity index is 1.63. The molecule has 1 aliphatic rings. The smallest absolute Gasteiger partial charge is 0.320 e. The van der Waals surface area contributed by atoms with Gasteiger partial charge in [-0.15, -0.1) is 11.3 Å². The molecule has 144 valence electrons. The lowest BCUT2D eigenvalue weighted by atomic mass is 10.1. The van der Waals surface area contributed by atoms with Crippen molar-refractivity contribution in [3.05, 3.63) is 70.2 Å². The largest absolute Gasteiger partial charge is 0.346 e. The maximum atomic E-state index is 13.4. The van der Waals surface area contributed by atoms with Crippen LogP contribution in [0.4, 0.5) is 13.6 Å². The van der Waals surface area contributed by atoms with Crippen LogP contribution in [0, 0.1) is 12.7 Å². The number of nitrogens with zero attached hydrogens (tertiary/aromatic N) is 3. The van der Waals surface area contributed by atoms with Crippen LogP contribution in [-0.4, -0.2) is 34.8 Å². The van der Waals surface area contributed by atoms with Crippen molar-refractivity contribution in [2.24, 2.45) is 4.99 Å². The van der Waals surface area contributed by atoms with Crippen LogP contribution >= 0.6 is 11.3 Å². The monoisotopic (exact) mass is 399 g/mol. The summed E-state index contributed by atoms with van der Waals surface area (Å²) in [4.78, 5) is 19.6. The number of hydrogen-bond acceptors (Lipinski definition) is 2. The molecule has 2 amide bonds. The molecule has 0 bridgehead atoms. The number of amides is 2. The normalized spacial score (nSPS) is 17.3. The second-order valence-corrected chi connectivity index (χ2v) is 7.99. The van der Waals surface area contributed by atoms with Gasteiger partial charge < -0.3 is 4.90 Å². The maximum Gasteiger partial charge on any atom is 0.346 e. The van der Waals surface area contributed by atoms with Crippen LogP contribution in [0.1, 0.15) is 11.3 Å². The van der Waals surface area contributed by atoms with Gasteiger partial charge in [0.15, 0.2) is 4.80 Å². The molecule has 4 rings (SSSR count). The molecular weight excluding hydrogens is 380 g/mol. The molecule has 4 nitrogen and oxygen atoms in total. The van der Waals surface area contributed by atoms with Crippen molar-refractivity contribution in [1.29, 1.82) is 0 Å². The summed E-state index contributed by atoms with van der Waals surface area (Å²) in [6.45, 7) is 2.46. The molecule has 0 N–H and O–H groups in total. The highest BCUT2D eigenvalue weighted by Crippen LogP contribution is 2.21. The Hall–Kier alpha value is -2.80. The molecule has 7 heteroatoms. The minimum Gasteiger partial charge on any atom is -0.320 e. The zero-order valence-electron chi connectivity index (χ0n) is 15.3. The van der Waals surface area contributed by atoms with Crippen molar-refractivity contribution in [3.8, 4) is 16.8 Å². The third-order valence-corrected chi connectivity index (χ3v) is 5.58. The summed E-state index contributed by atoms with van der Waals surface area (Å²) in [6.07, 6.45) is 1.33. The van der Waals surface area contributed by atoms with Gasteiger partial charge in [0.1, 0.15) is 12.0 Å². The highest BCUT2D eigenvalue weighted by molar-refractivity contribution is 7.09. The van der Waals surface area contributed by atoms with E-state index in [0.717, 1.165) is 21.7 Å². The van der Waals surface area contributed by atoms with Crippen LogP contribution in [-0.2, 0) is 0 Å². The lowest BCUT2D eigenvalue weighted by Gasteiger charge is -2.11. The van der Waals surface area contributed by atoms with Gasteiger partial charge in [-0.25, -0.2) is 13.6 Å². The highest BCUT2D eigenvalue weighted by Gasteiger charge is 2.25. The van der Waals surface area contributed by atoms with Gasteiger partial charge in [0.05, 0.1) is 6.54 Å². The van der Waals surface area contributed by atoms with E-state index in [4.69, 9.17) is 0 Å². The molecule has 0 saturated carbocycles. The minimum atomic E-state index is -0.963. The molecule has 2 heterocycles. The average molecular weight is 399 g/mol. The molecular formula is C21H19F2N3OS. The number of hydrogen-bond donors (Lipinski definition) is 0. The molecule has 1 aliphatic heterocycles. The number of aryl methyl sites for hydroxylation is 1. The summed E-state index contributed by atoms with van der Waals surface area (Å²) < 4.78 is 28.3. The van der Waals surface area contributed by atoms with E-state index in [2.05, 4.69) is 4.99 Å². The van der Waals surface area contributed by atoms with E-state index in [1.54, 1.807) is 12.1 Å². The fourth-order valence-electron chi connectivity index (χ4n) is 3.22. The van der Waals surface area contributed by atoms with Crippen LogP contribution in [0.3, 0.4) is 0 Å². The van der Waals surface area contributed by atoms with Crippen molar-refractivity contribution >= 4 is 17.4 Å². The fourth-order valence-corrected chi connectivity index (χ4v) is 4.05.